The number of aromatic nitrogens is 2. The quantitative estimate of drug-likeness (QED) is 0.703. The highest BCUT2D eigenvalue weighted by molar-refractivity contribution is 9.10. The first-order valence-corrected chi connectivity index (χ1v) is 7.98. The summed E-state index contributed by atoms with van der Waals surface area (Å²) in [6, 6.07) is 8.30. The standard InChI is InChI=1S/C16H18BrClN2O/c1-10(2)8-11-4-6-12(7-5-11)16-19-13(9-21-3)14(17)15(18)20-16/h4-7,10H,8-9H2,1-3H3. The van der Waals surface area contributed by atoms with Crippen LogP contribution in [0.25, 0.3) is 11.4 Å². The lowest BCUT2D eigenvalue weighted by atomic mass is 10.0. The predicted molar refractivity (Wildman–Crippen MR) is 89.4 cm³/mol. The number of benzene rings is 1. The van der Waals surface area contributed by atoms with Gasteiger partial charge >= 0.3 is 0 Å². The monoisotopic (exact) mass is 368 g/mol. The highest BCUT2D eigenvalue weighted by atomic mass is 79.9. The van der Waals surface area contributed by atoms with Gasteiger partial charge in [0, 0.05) is 12.7 Å². The second-order valence-electron chi connectivity index (χ2n) is 5.33. The molecule has 0 aliphatic heterocycles. The van der Waals surface area contributed by atoms with E-state index in [-0.39, 0.29) is 0 Å². The number of ether oxygens (including phenoxy) is 1. The maximum absolute atomic E-state index is 6.15. The van der Waals surface area contributed by atoms with Crippen LogP contribution in [0.2, 0.25) is 5.15 Å². The number of methoxy groups -OCH3 is 1. The van der Waals surface area contributed by atoms with Crippen LogP contribution >= 0.6 is 27.5 Å². The normalized spacial score (nSPS) is 11.1. The molecule has 0 amide bonds. The molecule has 1 aromatic carbocycles. The smallest absolute Gasteiger partial charge is 0.161 e. The molecule has 0 fully saturated rings. The largest absolute Gasteiger partial charge is 0.378 e. The highest BCUT2D eigenvalue weighted by Crippen LogP contribution is 2.27. The molecule has 0 aliphatic rings. The average Bonchev–Trinajstić information content (AvgIpc) is 2.44. The van der Waals surface area contributed by atoms with E-state index >= 15 is 0 Å². The van der Waals surface area contributed by atoms with Gasteiger partial charge in [0.1, 0.15) is 5.15 Å². The lowest BCUT2D eigenvalue weighted by Gasteiger charge is -2.09. The molecule has 1 aromatic heterocycles. The Bertz CT molecular complexity index is 614. The van der Waals surface area contributed by atoms with Crippen molar-refractivity contribution in [1.82, 2.24) is 9.97 Å². The molecule has 21 heavy (non-hydrogen) atoms. The molecule has 0 saturated heterocycles. The number of nitrogens with zero attached hydrogens (tertiary/aromatic N) is 2. The third-order valence-electron chi connectivity index (χ3n) is 3.02. The average molecular weight is 370 g/mol. The Morgan fingerprint density at radius 1 is 1.19 bits per heavy atom. The number of rotatable bonds is 5. The second-order valence-corrected chi connectivity index (χ2v) is 6.48. The van der Waals surface area contributed by atoms with E-state index in [1.54, 1.807) is 7.11 Å². The van der Waals surface area contributed by atoms with Gasteiger partial charge in [0.2, 0.25) is 0 Å². The maximum atomic E-state index is 6.15. The SMILES string of the molecule is COCc1nc(-c2ccc(CC(C)C)cc2)nc(Cl)c1Br. The van der Waals surface area contributed by atoms with Gasteiger partial charge in [-0.1, -0.05) is 49.7 Å². The van der Waals surface area contributed by atoms with E-state index < -0.39 is 0 Å². The molecular formula is C16H18BrClN2O. The summed E-state index contributed by atoms with van der Waals surface area (Å²) >= 11 is 9.54. The molecule has 2 rings (SSSR count). The van der Waals surface area contributed by atoms with Crippen LogP contribution in [0.5, 0.6) is 0 Å². The van der Waals surface area contributed by atoms with E-state index in [0.717, 1.165) is 17.7 Å². The van der Waals surface area contributed by atoms with Crippen LogP contribution in [-0.2, 0) is 17.8 Å². The Balaban J connectivity index is 2.33. The number of hydrogen-bond donors (Lipinski definition) is 0. The minimum atomic E-state index is 0.390. The molecular weight excluding hydrogens is 352 g/mol. The van der Waals surface area contributed by atoms with Crippen molar-refractivity contribution in [3.05, 3.63) is 45.1 Å². The van der Waals surface area contributed by atoms with Crippen LogP contribution in [0.15, 0.2) is 28.7 Å². The van der Waals surface area contributed by atoms with Gasteiger partial charge in [-0.2, -0.15) is 0 Å². The summed E-state index contributed by atoms with van der Waals surface area (Å²) in [6.45, 7) is 4.81. The Hall–Kier alpha value is -0.970. The zero-order chi connectivity index (χ0) is 15.4. The Kier molecular flexibility index (Phi) is 5.73. The van der Waals surface area contributed by atoms with Gasteiger partial charge in [0.15, 0.2) is 5.82 Å². The van der Waals surface area contributed by atoms with E-state index in [1.807, 2.05) is 12.1 Å². The molecule has 1 heterocycles. The van der Waals surface area contributed by atoms with Gasteiger partial charge in [-0.15, -0.1) is 0 Å². The number of hydrogen-bond acceptors (Lipinski definition) is 3. The van der Waals surface area contributed by atoms with E-state index in [9.17, 15) is 0 Å². The summed E-state index contributed by atoms with van der Waals surface area (Å²) < 4.78 is 5.82. The van der Waals surface area contributed by atoms with E-state index in [2.05, 4.69) is 51.9 Å². The molecule has 0 spiro atoms. The molecule has 0 aliphatic carbocycles. The fourth-order valence-corrected chi connectivity index (χ4v) is 2.57. The first-order valence-electron chi connectivity index (χ1n) is 6.81. The van der Waals surface area contributed by atoms with Gasteiger partial charge in [0.25, 0.3) is 0 Å². The molecule has 2 aromatic rings. The molecule has 0 bridgehead atoms. The van der Waals surface area contributed by atoms with Gasteiger partial charge in [-0.25, -0.2) is 9.97 Å². The molecule has 3 nitrogen and oxygen atoms in total. The molecule has 112 valence electrons. The molecule has 0 saturated carbocycles. The summed E-state index contributed by atoms with van der Waals surface area (Å²) in [6.07, 6.45) is 1.07. The first kappa shape index (κ1) is 16.4. The maximum Gasteiger partial charge on any atom is 0.161 e. The van der Waals surface area contributed by atoms with Crippen LogP contribution in [-0.4, -0.2) is 17.1 Å². The highest BCUT2D eigenvalue weighted by Gasteiger charge is 2.12. The number of halogens is 2. The van der Waals surface area contributed by atoms with Crippen molar-refractivity contribution in [3.8, 4) is 11.4 Å². The minimum Gasteiger partial charge on any atom is -0.378 e. The zero-order valence-electron chi connectivity index (χ0n) is 12.4. The topological polar surface area (TPSA) is 35.0 Å². The van der Waals surface area contributed by atoms with Crippen molar-refractivity contribution in [2.75, 3.05) is 7.11 Å². The Morgan fingerprint density at radius 3 is 2.43 bits per heavy atom. The van der Waals surface area contributed by atoms with Crippen molar-refractivity contribution < 1.29 is 4.74 Å². The zero-order valence-corrected chi connectivity index (χ0v) is 14.7. The van der Waals surface area contributed by atoms with Crippen molar-refractivity contribution in [1.29, 1.82) is 0 Å². The Labute approximate surface area is 138 Å². The molecule has 0 unspecified atom stereocenters. The van der Waals surface area contributed by atoms with Gasteiger partial charge in [-0.05, 0) is 33.8 Å². The summed E-state index contributed by atoms with van der Waals surface area (Å²) in [5, 5.41) is 0.401. The summed E-state index contributed by atoms with van der Waals surface area (Å²) in [4.78, 5) is 8.84. The van der Waals surface area contributed by atoms with Crippen LogP contribution in [0.3, 0.4) is 0 Å². The third kappa shape index (κ3) is 4.25. The van der Waals surface area contributed by atoms with Crippen LogP contribution in [0, 0.1) is 5.92 Å². The summed E-state index contributed by atoms with van der Waals surface area (Å²) in [5.74, 6) is 1.26. The fraction of sp³-hybridized carbons (Fsp3) is 0.375. The lowest BCUT2D eigenvalue weighted by molar-refractivity contribution is 0.181. The van der Waals surface area contributed by atoms with Gasteiger partial charge < -0.3 is 4.74 Å². The van der Waals surface area contributed by atoms with Gasteiger partial charge in [0.05, 0.1) is 16.8 Å². The predicted octanol–water partition coefficient (Wildman–Crippen LogP) is 4.90. The van der Waals surface area contributed by atoms with E-state index in [0.29, 0.717) is 28.0 Å². The fourth-order valence-electron chi connectivity index (χ4n) is 2.09. The second kappa shape index (κ2) is 7.34. The molecule has 0 atom stereocenters. The van der Waals surface area contributed by atoms with Crippen molar-refractivity contribution >= 4 is 27.5 Å². The van der Waals surface area contributed by atoms with Crippen LogP contribution < -0.4 is 0 Å². The summed E-state index contributed by atoms with van der Waals surface area (Å²) in [5.41, 5.74) is 3.02. The van der Waals surface area contributed by atoms with Crippen molar-refractivity contribution in [2.24, 2.45) is 5.92 Å². The molecule has 0 N–H and O–H groups in total. The van der Waals surface area contributed by atoms with E-state index in [4.69, 9.17) is 16.3 Å². The van der Waals surface area contributed by atoms with Crippen LogP contribution in [0.1, 0.15) is 25.1 Å². The summed E-state index contributed by atoms with van der Waals surface area (Å²) in [7, 11) is 1.63. The third-order valence-corrected chi connectivity index (χ3v) is 4.35. The molecule has 5 heteroatoms. The Morgan fingerprint density at radius 2 is 1.86 bits per heavy atom. The van der Waals surface area contributed by atoms with Crippen molar-refractivity contribution in [2.45, 2.75) is 26.9 Å². The lowest BCUT2D eigenvalue weighted by Crippen LogP contribution is -2.00. The molecule has 0 radical (unpaired) electrons. The van der Waals surface area contributed by atoms with Crippen molar-refractivity contribution in [3.63, 3.8) is 0 Å². The van der Waals surface area contributed by atoms with E-state index in [1.165, 1.54) is 5.56 Å². The minimum absolute atomic E-state index is 0.390. The van der Waals surface area contributed by atoms with Crippen LogP contribution in [0.4, 0.5) is 0 Å². The first-order chi connectivity index (χ1) is 10.0. The van der Waals surface area contributed by atoms with Gasteiger partial charge in [-0.3, -0.25) is 0 Å².